The molecule has 8 heteroatoms. The van der Waals surface area contributed by atoms with Crippen LogP contribution in [-0.4, -0.2) is 26.9 Å². The summed E-state index contributed by atoms with van der Waals surface area (Å²) in [5.74, 6) is -2.05. The van der Waals surface area contributed by atoms with Gasteiger partial charge in [0.05, 0.1) is 17.9 Å². The van der Waals surface area contributed by atoms with E-state index in [1.54, 1.807) is 50.4 Å². The number of aryl methyl sites for hydroxylation is 1. The van der Waals surface area contributed by atoms with Crippen molar-refractivity contribution in [1.29, 1.82) is 0 Å². The summed E-state index contributed by atoms with van der Waals surface area (Å²) in [5.41, 5.74) is -0.145. The number of halogens is 3. The Kier molecular flexibility index (Phi) is 6.43. The molecule has 176 valence electrons. The van der Waals surface area contributed by atoms with Crippen LogP contribution in [-0.2, 0) is 12.0 Å². The SMILES string of the molecule is Cc1nc2c(OCc3c(F)cccc3F)cccn2c1C(=O)C[C@@](C)(CO)c1ccccc1F. The van der Waals surface area contributed by atoms with E-state index in [0.717, 1.165) is 12.1 Å². The van der Waals surface area contributed by atoms with Gasteiger partial charge in [0.15, 0.2) is 17.2 Å². The summed E-state index contributed by atoms with van der Waals surface area (Å²) in [4.78, 5) is 17.8. The van der Waals surface area contributed by atoms with Crippen LogP contribution in [0.4, 0.5) is 13.2 Å². The lowest BCUT2D eigenvalue weighted by atomic mass is 9.78. The molecule has 0 amide bonds. The van der Waals surface area contributed by atoms with Gasteiger partial charge in [0.25, 0.3) is 0 Å². The molecule has 4 aromatic rings. The molecule has 0 aliphatic carbocycles. The van der Waals surface area contributed by atoms with E-state index < -0.39 is 29.5 Å². The van der Waals surface area contributed by atoms with Crippen LogP contribution in [0.3, 0.4) is 0 Å². The van der Waals surface area contributed by atoms with Crippen LogP contribution in [0.15, 0.2) is 60.8 Å². The highest BCUT2D eigenvalue weighted by Crippen LogP contribution is 2.32. The maximum Gasteiger partial charge on any atom is 0.182 e. The van der Waals surface area contributed by atoms with Crippen molar-refractivity contribution in [2.24, 2.45) is 0 Å². The van der Waals surface area contributed by atoms with Crippen molar-refractivity contribution >= 4 is 11.4 Å². The van der Waals surface area contributed by atoms with Crippen LogP contribution in [0.1, 0.15) is 40.7 Å². The van der Waals surface area contributed by atoms with Crippen LogP contribution in [0.5, 0.6) is 5.75 Å². The zero-order chi connectivity index (χ0) is 24.5. The van der Waals surface area contributed by atoms with Gasteiger partial charge in [0.1, 0.15) is 29.8 Å². The highest BCUT2D eigenvalue weighted by molar-refractivity contribution is 5.97. The number of imidazole rings is 1. The van der Waals surface area contributed by atoms with Crippen LogP contribution in [0, 0.1) is 24.4 Å². The van der Waals surface area contributed by atoms with Gasteiger partial charge in [-0.05, 0) is 42.8 Å². The molecule has 0 saturated heterocycles. The van der Waals surface area contributed by atoms with Gasteiger partial charge in [-0.2, -0.15) is 0 Å². The van der Waals surface area contributed by atoms with Crippen molar-refractivity contribution in [2.75, 3.05) is 6.61 Å². The molecule has 0 unspecified atom stereocenters. The molecular weight excluding hydrogens is 445 g/mol. The van der Waals surface area contributed by atoms with Gasteiger partial charge in [-0.3, -0.25) is 9.20 Å². The van der Waals surface area contributed by atoms with E-state index >= 15 is 0 Å². The fraction of sp³-hybridized carbons (Fsp3) is 0.231. The van der Waals surface area contributed by atoms with Gasteiger partial charge in [0.2, 0.25) is 0 Å². The lowest BCUT2D eigenvalue weighted by Gasteiger charge is -2.27. The average molecular weight is 468 g/mol. The Labute approximate surface area is 194 Å². The molecule has 4 rings (SSSR count). The molecule has 1 atom stereocenters. The van der Waals surface area contributed by atoms with E-state index in [0.29, 0.717) is 11.3 Å². The summed E-state index contributed by atoms with van der Waals surface area (Å²) < 4.78 is 49.5. The fourth-order valence-corrected chi connectivity index (χ4v) is 4.05. The smallest absolute Gasteiger partial charge is 0.182 e. The maximum atomic E-state index is 14.4. The largest absolute Gasteiger partial charge is 0.485 e. The Hall–Kier alpha value is -3.65. The lowest BCUT2D eigenvalue weighted by Crippen LogP contribution is -2.31. The van der Waals surface area contributed by atoms with E-state index in [2.05, 4.69) is 4.98 Å². The molecule has 0 spiro atoms. The molecule has 2 heterocycles. The molecule has 0 radical (unpaired) electrons. The zero-order valence-electron chi connectivity index (χ0n) is 18.7. The van der Waals surface area contributed by atoms with Crippen molar-refractivity contribution in [3.05, 3.63) is 101 Å². The molecule has 34 heavy (non-hydrogen) atoms. The van der Waals surface area contributed by atoms with E-state index in [1.165, 1.54) is 16.5 Å². The average Bonchev–Trinajstić information content (AvgIpc) is 3.15. The molecule has 0 fully saturated rings. The van der Waals surface area contributed by atoms with Crippen molar-refractivity contribution in [3.63, 3.8) is 0 Å². The van der Waals surface area contributed by atoms with Crippen molar-refractivity contribution in [1.82, 2.24) is 9.38 Å². The van der Waals surface area contributed by atoms with Crippen molar-refractivity contribution in [2.45, 2.75) is 32.3 Å². The first-order valence-electron chi connectivity index (χ1n) is 10.7. The number of ether oxygens (including phenoxy) is 1. The Morgan fingerprint density at radius 1 is 1.03 bits per heavy atom. The number of aromatic nitrogens is 2. The van der Waals surface area contributed by atoms with Gasteiger partial charge < -0.3 is 9.84 Å². The molecule has 0 bridgehead atoms. The molecule has 0 aliphatic heterocycles. The summed E-state index contributed by atoms with van der Waals surface area (Å²) in [6.45, 7) is 2.49. The summed E-state index contributed by atoms with van der Waals surface area (Å²) in [7, 11) is 0. The monoisotopic (exact) mass is 468 g/mol. The van der Waals surface area contributed by atoms with Crippen LogP contribution in [0.2, 0.25) is 0 Å². The number of nitrogens with zero attached hydrogens (tertiary/aromatic N) is 2. The van der Waals surface area contributed by atoms with Crippen molar-refractivity contribution < 1.29 is 27.8 Å². The minimum Gasteiger partial charge on any atom is -0.485 e. The van der Waals surface area contributed by atoms with Gasteiger partial charge in [-0.25, -0.2) is 18.2 Å². The molecule has 0 aliphatic rings. The number of aliphatic hydroxyl groups is 1. The fourth-order valence-electron chi connectivity index (χ4n) is 4.05. The summed E-state index contributed by atoms with van der Waals surface area (Å²) in [6, 6.07) is 12.8. The Morgan fingerprint density at radius 3 is 2.38 bits per heavy atom. The number of rotatable bonds is 8. The first-order valence-corrected chi connectivity index (χ1v) is 10.7. The van der Waals surface area contributed by atoms with Gasteiger partial charge >= 0.3 is 0 Å². The second-order valence-electron chi connectivity index (χ2n) is 8.40. The van der Waals surface area contributed by atoms with Crippen LogP contribution < -0.4 is 4.74 Å². The molecular formula is C26H23F3N2O3. The quantitative estimate of drug-likeness (QED) is 0.363. The van der Waals surface area contributed by atoms with Crippen molar-refractivity contribution in [3.8, 4) is 5.75 Å². The number of Topliss-reactive ketones (excluding diaryl/α,β-unsaturated/α-hetero) is 1. The molecule has 2 aromatic heterocycles. The van der Waals surface area contributed by atoms with E-state index in [4.69, 9.17) is 4.74 Å². The highest BCUT2D eigenvalue weighted by Gasteiger charge is 2.33. The zero-order valence-corrected chi connectivity index (χ0v) is 18.7. The number of hydrogen-bond acceptors (Lipinski definition) is 4. The second kappa shape index (κ2) is 9.30. The molecule has 5 nitrogen and oxygen atoms in total. The molecule has 2 aromatic carbocycles. The summed E-state index contributed by atoms with van der Waals surface area (Å²) in [6.07, 6.45) is 1.46. The first-order chi connectivity index (χ1) is 16.2. The summed E-state index contributed by atoms with van der Waals surface area (Å²) in [5, 5.41) is 10.0. The topological polar surface area (TPSA) is 63.8 Å². The standard InChI is InChI=1S/C26H23F3N2O3/c1-16-24(22(33)13-26(2,15-32)18-7-3-4-8-21(18)29)31-12-6-11-23(25(31)30-16)34-14-17-19(27)9-5-10-20(17)28/h3-12,32H,13-15H2,1-2H3/t26-/m0/s1. The molecule has 1 N–H and O–H groups in total. The Bertz CT molecular complexity index is 1350. The minimum absolute atomic E-state index is 0.162. The third kappa shape index (κ3) is 4.28. The number of carbonyl (C=O) groups excluding carboxylic acids is 1. The van der Waals surface area contributed by atoms with Gasteiger partial charge in [0, 0.05) is 18.0 Å². The van der Waals surface area contributed by atoms with Gasteiger partial charge in [-0.1, -0.05) is 31.2 Å². The number of carbonyl (C=O) groups is 1. The van der Waals surface area contributed by atoms with E-state index in [-0.39, 0.29) is 41.4 Å². The third-order valence-corrected chi connectivity index (χ3v) is 5.91. The number of aliphatic hydroxyl groups excluding tert-OH is 1. The highest BCUT2D eigenvalue weighted by atomic mass is 19.1. The predicted octanol–water partition coefficient (Wildman–Crippen LogP) is 5.16. The number of hydrogen-bond donors (Lipinski definition) is 1. The van der Waals surface area contributed by atoms with Gasteiger partial charge in [-0.15, -0.1) is 0 Å². The Balaban J connectivity index is 1.66. The summed E-state index contributed by atoms with van der Waals surface area (Å²) >= 11 is 0. The second-order valence-corrected chi connectivity index (χ2v) is 8.40. The number of fused-ring (bicyclic) bond motifs is 1. The Morgan fingerprint density at radius 2 is 1.71 bits per heavy atom. The predicted molar refractivity (Wildman–Crippen MR) is 120 cm³/mol. The van der Waals surface area contributed by atoms with Crippen LogP contribution >= 0.6 is 0 Å². The van der Waals surface area contributed by atoms with Crippen LogP contribution in [0.25, 0.3) is 5.65 Å². The molecule has 0 saturated carbocycles. The first kappa shape index (κ1) is 23.5. The minimum atomic E-state index is -1.14. The van der Waals surface area contributed by atoms with E-state index in [9.17, 15) is 23.1 Å². The normalized spacial score (nSPS) is 13.1. The third-order valence-electron chi connectivity index (χ3n) is 5.91. The lowest BCUT2D eigenvalue weighted by molar-refractivity contribution is 0.0910. The maximum absolute atomic E-state index is 14.4. The number of benzene rings is 2. The van der Waals surface area contributed by atoms with E-state index in [1.807, 2.05) is 0 Å². The number of ketones is 1. The number of pyridine rings is 1.